The summed E-state index contributed by atoms with van der Waals surface area (Å²) in [4.78, 5) is 0.206. The van der Waals surface area contributed by atoms with Crippen LogP contribution in [0.5, 0.6) is 0 Å². The van der Waals surface area contributed by atoms with Crippen molar-refractivity contribution in [1.29, 1.82) is 0 Å². The van der Waals surface area contributed by atoms with E-state index in [4.69, 9.17) is 10.9 Å². The van der Waals surface area contributed by atoms with Crippen LogP contribution in [-0.2, 0) is 17.1 Å². The molecule has 0 spiro atoms. The zero-order valence-corrected chi connectivity index (χ0v) is 12.3. The number of nitrogens with two attached hydrogens (primary N) is 1. The number of nitrogens with zero attached hydrogens (tertiary/aromatic N) is 4. The van der Waals surface area contributed by atoms with Crippen molar-refractivity contribution in [1.82, 2.24) is 14.1 Å². The lowest BCUT2D eigenvalue weighted by molar-refractivity contribution is 0.316. The molecule has 1 aromatic heterocycles. The van der Waals surface area contributed by atoms with Gasteiger partial charge in [0.15, 0.2) is 0 Å². The molecule has 1 heterocycles. The van der Waals surface area contributed by atoms with Crippen molar-refractivity contribution >= 4 is 15.9 Å². The molecule has 1 rings (SSSR count). The molecule has 0 atom stereocenters. The van der Waals surface area contributed by atoms with E-state index in [0.29, 0.717) is 11.4 Å². The van der Waals surface area contributed by atoms with Crippen molar-refractivity contribution in [3.63, 3.8) is 0 Å². The van der Waals surface area contributed by atoms with Gasteiger partial charge in [0.25, 0.3) is 0 Å². The Kier molecular flexibility index (Phi) is 4.53. The third kappa shape index (κ3) is 3.04. The van der Waals surface area contributed by atoms with Crippen LogP contribution in [0.1, 0.15) is 17.8 Å². The van der Waals surface area contributed by atoms with Crippen LogP contribution in [0, 0.1) is 13.8 Å². The molecule has 0 aromatic carbocycles. The van der Waals surface area contributed by atoms with Gasteiger partial charge in [0.1, 0.15) is 10.7 Å². The molecule has 0 aliphatic rings. The zero-order chi connectivity index (χ0) is 14.8. The summed E-state index contributed by atoms with van der Waals surface area (Å²) in [5.41, 5.74) is 6.36. The van der Waals surface area contributed by atoms with Gasteiger partial charge in [-0.15, -0.1) is 0 Å². The second kappa shape index (κ2) is 5.57. The van der Waals surface area contributed by atoms with Gasteiger partial charge in [-0.1, -0.05) is 5.16 Å². The van der Waals surface area contributed by atoms with Crippen LogP contribution in [0.2, 0.25) is 0 Å². The lowest BCUT2D eigenvalue weighted by Gasteiger charge is -2.16. The van der Waals surface area contributed by atoms with E-state index in [9.17, 15) is 8.42 Å². The van der Waals surface area contributed by atoms with Crippen LogP contribution in [0.3, 0.4) is 0 Å². The highest BCUT2D eigenvalue weighted by molar-refractivity contribution is 7.89. The average Bonchev–Trinajstić information content (AvgIpc) is 2.59. The van der Waals surface area contributed by atoms with E-state index in [1.165, 1.54) is 16.0 Å². The fraction of sp³-hybridized carbons (Fsp3) is 0.600. The number of oxime groups is 1. The number of aromatic nitrogens is 2. The highest BCUT2D eigenvalue weighted by Crippen LogP contribution is 2.22. The van der Waals surface area contributed by atoms with Crippen molar-refractivity contribution in [2.24, 2.45) is 17.9 Å². The van der Waals surface area contributed by atoms with Crippen LogP contribution in [-0.4, -0.2) is 47.1 Å². The third-order valence-corrected chi connectivity index (χ3v) is 5.03. The highest BCUT2D eigenvalue weighted by Gasteiger charge is 2.27. The summed E-state index contributed by atoms with van der Waals surface area (Å²) >= 11 is 0. The summed E-state index contributed by atoms with van der Waals surface area (Å²) in [7, 11) is -0.483. The average molecular weight is 289 g/mol. The van der Waals surface area contributed by atoms with Gasteiger partial charge in [0, 0.05) is 27.1 Å². The molecule has 0 aliphatic carbocycles. The fourth-order valence-corrected chi connectivity index (χ4v) is 3.29. The van der Waals surface area contributed by atoms with Gasteiger partial charge < -0.3 is 10.9 Å². The first-order chi connectivity index (χ1) is 8.71. The first-order valence-electron chi connectivity index (χ1n) is 5.64. The summed E-state index contributed by atoms with van der Waals surface area (Å²) in [6, 6.07) is 0. The van der Waals surface area contributed by atoms with Gasteiger partial charge in [-0.2, -0.15) is 5.10 Å². The van der Waals surface area contributed by atoms with Crippen LogP contribution < -0.4 is 5.73 Å². The van der Waals surface area contributed by atoms with Crippen molar-refractivity contribution in [2.45, 2.75) is 25.2 Å². The molecule has 3 N–H and O–H groups in total. The van der Waals surface area contributed by atoms with E-state index in [1.54, 1.807) is 20.9 Å². The number of hydrogen-bond donors (Lipinski definition) is 2. The maximum Gasteiger partial charge on any atom is 0.246 e. The molecule has 0 amide bonds. The van der Waals surface area contributed by atoms with Crippen LogP contribution in [0.15, 0.2) is 10.1 Å². The minimum absolute atomic E-state index is 0.0123. The van der Waals surface area contributed by atoms with Gasteiger partial charge in [0.2, 0.25) is 10.0 Å². The molecular formula is C10H19N5O3S. The zero-order valence-electron chi connectivity index (χ0n) is 11.5. The summed E-state index contributed by atoms with van der Waals surface area (Å²) in [6.07, 6.45) is 0.157. The molecule has 0 saturated carbocycles. The second-order valence-electron chi connectivity index (χ2n) is 4.29. The maximum atomic E-state index is 12.4. The summed E-state index contributed by atoms with van der Waals surface area (Å²) in [5, 5.41) is 15.3. The Morgan fingerprint density at radius 2 is 2.11 bits per heavy atom. The third-order valence-electron chi connectivity index (χ3n) is 2.92. The number of amidine groups is 1. The topological polar surface area (TPSA) is 114 Å². The molecule has 1 aromatic rings. The first kappa shape index (κ1) is 15.4. The Bertz CT molecular complexity index is 591. The molecule has 108 valence electrons. The monoisotopic (exact) mass is 289 g/mol. The van der Waals surface area contributed by atoms with E-state index in [1.807, 2.05) is 0 Å². The predicted molar refractivity (Wildman–Crippen MR) is 70.5 cm³/mol. The van der Waals surface area contributed by atoms with Crippen molar-refractivity contribution in [3.05, 3.63) is 11.4 Å². The second-order valence-corrected chi connectivity index (χ2v) is 6.27. The Morgan fingerprint density at radius 1 is 1.53 bits per heavy atom. The summed E-state index contributed by atoms with van der Waals surface area (Å²) in [5.74, 6) is -0.0123. The minimum Gasteiger partial charge on any atom is -0.409 e. The Labute approximate surface area is 112 Å². The van der Waals surface area contributed by atoms with Crippen LogP contribution in [0.4, 0.5) is 0 Å². The van der Waals surface area contributed by atoms with Gasteiger partial charge >= 0.3 is 0 Å². The molecule has 8 nitrogen and oxygen atoms in total. The highest BCUT2D eigenvalue weighted by atomic mass is 32.2. The number of rotatable bonds is 5. The normalized spacial score (nSPS) is 13.2. The molecule has 0 unspecified atom stereocenters. The van der Waals surface area contributed by atoms with Crippen LogP contribution in [0.25, 0.3) is 0 Å². The predicted octanol–water partition coefficient (Wildman–Crippen LogP) is -0.206. The molecule has 19 heavy (non-hydrogen) atoms. The molecule has 0 bridgehead atoms. The minimum atomic E-state index is -3.63. The smallest absolute Gasteiger partial charge is 0.246 e. The van der Waals surface area contributed by atoms with Crippen LogP contribution >= 0.6 is 0 Å². The van der Waals surface area contributed by atoms with Gasteiger partial charge in [-0.3, -0.25) is 4.68 Å². The van der Waals surface area contributed by atoms with E-state index in [-0.39, 0.29) is 23.7 Å². The van der Waals surface area contributed by atoms with Gasteiger partial charge in [0.05, 0.1) is 11.4 Å². The maximum absolute atomic E-state index is 12.4. The standard InChI is InChI=1S/C10H19N5O3S/c1-7-10(8(2)15(4)12-7)19(17,18)14(3)6-5-9(11)13-16/h16H,5-6H2,1-4H3,(H2,11,13). The fourth-order valence-electron chi connectivity index (χ4n) is 1.73. The number of aryl methyl sites for hydroxylation is 2. The van der Waals surface area contributed by atoms with Crippen molar-refractivity contribution in [3.8, 4) is 0 Å². The van der Waals surface area contributed by atoms with Crippen molar-refractivity contribution < 1.29 is 13.6 Å². The molecule has 0 radical (unpaired) electrons. The summed E-state index contributed by atoms with van der Waals surface area (Å²) in [6.45, 7) is 3.48. The SMILES string of the molecule is Cc1nn(C)c(C)c1S(=O)(=O)N(C)CCC(N)=NO. The lowest BCUT2D eigenvalue weighted by atomic mass is 10.4. The number of hydrogen-bond acceptors (Lipinski definition) is 5. The Morgan fingerprint density at radius 3 is 2.53 bits per heavy atom. The Balaban J connectivity index is 3.04. The van der Waals surface area contributed by atoms with Gasteiger partial charge in [-0.25, -0.2) is 12.7 Å². The van der Waals surface area contributed by atoms with Crippen molar-refractivity contribution in [2.75, 3.05) is 13.6 Å². The molecule has 0 fully saturated rings. The lowest BCUT2D eigenvalue weighted by Crippen LogP contribution is -2.31. The van der Waals surface area contributed by atoms with Gasteiger partial charge in [-0.05, 0) is 13.8 Å². The number of sulfonamides is 1. The molecular weight excluding hydrogens is 270 g/mol. The Hall–Kier alpha value is -1.61. The molecule has 0 saturated heterocycles. The van der Waals surface area contributed by atoms with E-state index >= 15 is 0 Å². The van der Waals surface area contributed by atoms with E-state index in [0.717, 1.165) is 0 Å². The quantitative estimate of drug-likeness (QED) is 0.337. The first-order valence-corrected chi connectivity index (χ1v) is 7.08. The largest absolute Gasteiger partial charge is 0.409 e. The molecule has 0 aliphatic heterocycles. The molecule has 9 heteroatoms. The summed E-state index contributed by atoms with van der Waals surface area (Å²) < 4.78 is 27.5. The van der Waals surface area contributed by atoms with E-state index < -0.39 is 10.0 Å². The van der Waals surface area contributed by atoms with E-state index in [2.05, 4.69) is 10.3 Å².